The van der Waals surface area contributed by atoms with E-state index in [1.807, 2.05) is 0 Å². The number of rotatable bonds is 5. The molecule has 1 saturated heterocycles. The van der Waals surface area contributed by atoms with E-state index in [-0.39, 0.29) is 12.5 Å². The zero-order chi connectivity index (χ0) is 11.3. The highest BCUT2D eigenvalue weighted by molar-refractivity contribution is 5.85. The van der Waals surface area contributed by atoms with Crippen LogP contribution in [0.25, 0.3) is 0 Å². The van der Waals surface area contributed by atoms with Gasteiger partial charge in [0, 0.05) is 13.2 Å². The second-order valence-corrected chi connectivity index (χ2v) is 3.58. The summed E-state index contributed by atoms with van der Waals surface area (Å²) >= 11 is 0. The molecule has 0 saturated carbocycles. The quantitative estimate of drug-likeness (QED) is 0.552. The molecule has 15 heavy (non-hydrogen) atoms. The van der Waals surface area contributed by atoms with Crippen molar-refractivity contribution >= 4 is 11.9 Å². The molecule has 0 aromatic rings. The lowest BCUT2D eigenvalue weighted by atomic mass is 10.2. The van der Waals surface area contributed by atoms with Crippen molar-refractivity contribution in [2.75, 3.05) is 13.2 Å². The summed E-state index contributed by atoms with van der Waals surface area (Å²) in [4.78, 5) is 21.6. The van der Waals surface area contributed by atoms with Crippen LogP contribution in [0.3, 0.4) is 0 Å². The van der Waals surface area contributed by atoms with Gasteiger partial charge in [-0.05, 0) is 12.8 Å². The van der Waals surface area contributed by atoms with Crippen molar-refractivity contribution < 1.29 is 19.4 Å². The number of carboxylic acids is 1. The van der Waals surface area contributed by atoms with E-state index in [1.54, 1.807) is 0 Å². The third kappa shape index (κ3) is 4.26. The molecule has 2 atom stereocenters. The van der Waals surface area contributed by atoms with E-state index in [0.717, 1.165) is 19.4 Å². The van der Waals surface area contributed by atoms with Gasteiger partial charge >= 0.3 is 5.97 Å². The maximum Gasteiger partial charge on any atom is 0.305 e. The predicted octanol–water partition coefficient (Wildman–Crippen LogP) is -0.916. The van der Waals surface area contributed by atoms with Crippen LogP contribution in [0.15, 0.2) is 0 Å². The molecule has 6 nitrogen and oxygen atoms in total. The van der Waals surface area contributed by atoms with Gasteiger partial charge in [-0.3, -0.25) is 9.59 Å². The highest BCUT2D eigenvalue weighted by Crippen LogP contribution is 2.10. The van der Waals surface area contributed by atoms with Crippen LogP contribution in [-0.2, 0) is 14.3 Å². The van der Waals surface area contributed by atoms with Crippen LogP contribution in [0.1, 0.15) is 19.3 Å². The van der Waals surface area contributed by atoms with Crippen LogP contribution in [0, 0.1) is 0 Å². The molecular formula is C9H16N2O4. The number of ether oxygens (including phenoxy) is 1. The Hall–Kier alpha value is -1.14. The lowest BCUT2D eigenvalue weighted by Crippen LogP contribution is -2.44. The van der Waals surface area contributed by atoms with Gasteiger partial charge in [0.1, 0.15) is 0 Å². The summed E-state index contributed by atoms with van der Waals surface area (Å²) < 4.78 is 5.29. The number of carboxylic acid groups (broad SMARTS) is 1. The van der Waals surface area contributed by atoms with E-state index in [2.05, 4.69) is 5.32 Å². The van der Waals surface area contributed by atoms with Gasteiger partial charge in [-0.15, -0.1) is 0 Å². The van der Waals surface area contributed by atoms with E-state index in [0.29, 0.717) is 6.54 Å². The highest BCUT2D eigenvalue weighted by Gasteiger charge is 2.20. The summed E-state index contributed by atoms with van der Waals surface area (Å²) in [6, 6.07) is -0.982. The Morgan fingerprint density at radius 1 is 1.60 bits per heavy atom. The molecular weight excluding hydrogens is 200 g/mol. The number of hydrogen-bond donors (Lipinski definition) is 3. The summed E-state index contributed by atoms with van der Waals surface area (Å²) in [5, 5.41) is 11.0. The van der Waals surface area contributed by atoms with Crippen LogP contribution in [0.2, 0.25) is 0 Å². The first-order chi connectivity index (χ1) is 7.09. The molecule has 1 fully saturated rings. The van der Waals surface area contributed by atoms with Gasteiger partial charge in [-0.2, -0.15) is 0 Å². The minimum Gasteiger partial charge on any atom is -0.481 e. The number of aliphatic carboxylic acids is 1. The van der Waals surface area contributed by atoms with Crippen LogP contribution < -0.4 is 11.1 Å². The fraction of sp³-hybridized carbons (Fsp3) is 0.778. The van der Waals surface area contributed by atoms with Crippen molar-refractivity contribution in [3.8, 4) is 0 Å². The average Bonchev–Trinajstić information content (AvgIpc) is 2.65. The minimum atomic E-state index is -1.07. The molecule has 4 N–H and O–H groups in total. The van der Waals surface area contributed by atoms with Crippen molar-refractivity contribution in [3.05, 3.63) is 0 Å². The van der Waals surface area contributed by atoms with E-state index < -0.39 is 17.9 Å². The Balaban J connectivity index is 2.19. The van der Waals surface area contributed by atoms with Crippen LogP contribution in [0.5, 0.6) is 0 Å². The molecule has 2 unspecified atom stereocenters. The number of nitrogens with two attached hydrogens (primary N) is 1. The fourth-order valence-corrected chi connectivity index (χ4v) is 1.43. The van der Waals surface area contributed by atoms with E-state index in [9.17, 15) is 9.59 Å². The summed E-state index contributed by atoms with van der Waals surface area (Å²) in [7, 11) is 0. The monoisotopic (exact) mass is 216 g/mol. The van der Waals surface area contributed by atoms with Crippen LogP contribution in [-0.4, -0.2) is 42.3 Å². The van der Waals surface area contributed by atoms with Gasteiger partial charge in [0.2, 0.25) is 5.91 Å². The molecule has 0 radical (unpaired) electrons. The number of amides is 1. The predicted molar refractivity (Wildman–Crippen MR) is 52.2 cm³/mol. The molecule has 0 spiro atoms. The first-order valence-corrected chi connectivity index (χ1v) is 4.96. The Morgan fingerprint density at radius 2 is 2.33 bits per heavy atom. The second kappa shape index (κ2) is 5.67. The van der Waals surface area contributed by atoms with E-state index in [4.69, 9.17) is 15.6 Å². The molecule has 0 bridgehead atoms. The van der Waals surface area contributed by atoms with Crippen molar-refractivity contribution in [2.24, 2.45) is 5.73 Å². The molecule has 86 valence electrons. The third-order valence-electron chi connectivity index (χ3n) is 2.26. The first kappa shape index (κ1) is 11.9. The second-order valence-electron chi connectivity index (χ2n) is 3.58. The van der Waals surface area contributed by atoms with Crippen molar-refractivity contribution in [1.82, 2.24) is 5.32 Å². The smallest absolute Gasteiger partial charge is 0.305 e. The standard InChI is InChI=1S/C9H16N2O4/c10-7(4-8(12)13)9(14)11-5-6-2-1-3-15-6/h6-7H,1-5,10H2,(H,11,14)(H,12,13). The maximum absolute atomic E-state index is 11.3. The van der Waals surface area contributed by atoms with Gasteiger partial charge in [0.05, 0.1) is 18.6 Å². The Bertz CT molecular complexity index is 238. The van der Waals surface area contributed by atoms with Gasteiger partial charge < -0.3 is 20.9 Å². The first-order valence-electron chi connectivity index (χ1n) is 4.96. The largest absolute Gasteiger partial charge is 0.481 e. The minimum absolute atomic E-state index is 0.0472. The lowest BCUT2D eigenvalue weighted by Gasteiger charge is -2.13. The Morgan fingerprint density at radius 3 is 2.87 bits per heavy atom. The zero-order valence-electron chi connectivity index (χ0n) is 8.44. The maximum atomic E-state index is 11.3. The average molecular weight is 216 g/mol. The molecule has 1 aliphatic rings. The number of hydrogen-bond acceptors (Lipinski definition) is 4. The number of carbonyl (C=O) groups is 2. The van der Waals surface area contributed by atoms with Gasteiger partial charge in [-0.25, -0.2) is 0 Å². The molecule has 6 heteroatoms. The molecule has 0 aromatic heterocycles. The van der Waals surface area contributed by atoms with Gasteiger partial charge in [0.15, 0.2) is 0 Å². The number of nitrogens with one attached hydrogen (secondary N) is 1. The molecule has 1 rings (SSSR count). The van der Waals surface area contributed by atoms with Gasteiger partial charge in [0.25, 0.3) is 0 Å². The molecule has 1 heterocycles. The SMILES string of the molecule is NC(CC(=O)O)C(=O)NCC1CCCO1. The summed E-state index contributed by atoms with van der Waals surface area (Å²) in [5.41, 5.74) is 5.37. The van der Waals surface area contributed by atoms with E-state index >= 15 is 0 Å². The summed E-state index contributed by atoms with van der Waals surface area (Å²) in [6.07, 6.45) is 1.62. The van der Waals surface area contributed by atoms with Crippen LogP contribution in [0.4, 0.5) is 0 Å². The lowest BCUT2D eigenvalue weighted by molar-refractivity contribution is -0.139. The number of carbonyl (C=O) groups excluding carboxylic acids is 1. The van der Waals surface area contributed by atoms with Crippen molar-refractivity contribution in [1.29, 1.82) is 0 Å². The topological polar surface area (TPSA) is 102 Å². The van der Waals surface area contributed by atoms with Crippen molar-refractivity contribution in [2.45, 2.75) is 31.4 Å². The van der Waals surface area contributed by atoms with E-state index in [1.165, 1.54) is 0 Å². The fourth-order valence-electron chi connectivity index (χ4n) is 1.43. The van der Waals surface area contributed by atoms with Gasteiger partial charge in [-0.1, -0.05) is 0 Å². The summed E-state index contributed by atoms with van der Waals surface area (Å²) in [6.45, 7) is 1.13. The van der Waals surface area contributed by atoms with Crippen LogP contribution >= 0.6 is 0 Å². The van der Waals surface area contributed by atoms with Crippen molar-refractivity contribution in [3.63, 3.8) is 0 Å². The Kier molecular flexibility index (Phi) is 4.51. The summed E-state index contributed by atoms with van der Waals surface area (Å²) in [5.74, 6) is -1.51. The molecule has 1 amide bonds. The molecule has 1 aliphatic heterocycles. The molecule has 0 aromatic carbocycles. The normalized spacial score (nSPS) is 22.3. The molecule has 0 aliphatic carbocycles. The highest BCUT2D eigenvalue weighted by atomic mass is 16.5. The zero-order valence-corrected chi connectivity index (χ0v) is 8.44. The Labute approximate surface area is 87.8 Å². The third-order valence-corrected chi connectivity index (χ3v) is 2.26.